The molecule has 2 aliphatic rings. The van der Waals surface area contributed by atoms with Crippen molar-refractivity contribution < 1.29 is 0 Å². The van der Waals surface area contributed by atoms with E-state index in [-0.39, 0.29) is 12.1 Å². The molecule has 2 aromatic rings. The van der Waals surface area contributed by atoms with Crippen molar-refractivity contribution in [2.24, 2.45) is 12.0 Å². The number of aryl methyl sites for hydroxylation is 1. The maximum absolute atomic E-state index is 5.09. The van der Waals surface area contributed by atoms with E-state index in [0.717, 1.165) is 17.9 Å². The minimum Gasteiger partial charge on any atom is -0.352 e. The lowest BCUT2D eigenvalue weighted by molar-refractivity contribution is 0.254. The van der Waals surface area contributed by atoms with E-state index in [0.29, 0.717) is 6.04 Å². The van der Waals surface area contributed by atoms with Gasteiger partial charge in [-0.05, 0) is 44.0 Å². The second-order valence-corrected chi connectivity index (χ2v) is 7.71. The minimum atomic E-state index is 0.0866. The highest BCUT2D eigenvalue weighted by molar-refractivity contribution is 8.14. The number of amidine groups is 1. The van der Waals surface area contributed by atoms with Crippen molar-refractivity contribution in [1.29, 1.82) is 0 Å². The molecule has 0 aliphatic carbocycles. The van der Waals surface area contributed by atoms with Gasteiger partial charge in [-0.25, -0.2) is 0 Å². The summed E-state index contributed by atoms with van der Waals surface area (Å²) in [6.07, 6.45) is 3.03. The van der Waals surface area contributed by atoms with Crippen LogP contribution >= 0.6 is 11.8 Å². The number of rotatable bonds is 3. The summed E-state index contributed by atoms with van der Waals surface area (Å²) in [5.74, 6) is 1.14. The van der Waals surface area contributed by atoms with Crippen molar-refractivity contribution in [3.63, 3.8) is 0 Å². The molecule has 4 rings (SSSR count). The summed E-state index contributed by atoms with van der Waals surface area (Å²) in [5.41, 5.74) is 5.10. The van der Waals surface area contributed by atoms with Crippen molar-refractivity contribution in [2.75, 3.05) is 5.75 Å². The van der Waals surface area contributed by atoms with Crippen molar-refractivity contribution in [1.82, 2.24) is 14.5 Å². The molecule has 24 heavy (non-hydrogen) atoms. The van der Waals surface area contributed by atoms with Crippen LogP contribution in [0.3, 0.4) is 0 Å². The summed E-state index contributed by atoms with van der Waals surface area (Å²) in [4.78, 5) is 12.3. The molecule has 0 amide bonds. The summed E-state index contributed by atoms with van der Waals surface area (Å²) in [7, 11) is 2.15. The fourth-order valence-corrected chi connectivity index (χ4v) is 5.21. The van der Waals surface area contributed by atoms with Crippen LogP contribution < -0.4 is 0 Å². The molecule has 0 spiro atoms. The Labute approximate surface area is 148 Å². The lowest BCUT2D eigenvalue weighted by atomic mass is 9.95. The molecule has 3 atom stereocenters. The standard InChI is InChI=1S/C19H24N4S/c1-5-14-11-24-19-21-17(16-8-6-7-9-20-16)18(23(14)19)15-10-12(2)22(4)13(15)3/h6-10,14,17-18H,5,11H2,1-4H3/t14-,17+,18+/m0/s1. The lowest BCUT2D eigenvalue weighted by Gasteiger charge is -2.31. The van der Waals surface area contributed by atoms with E-state index in [1.807, 2.05) is 24.0 Å². The lowest BCUT2D eigenvalue weighted by Crippen LogP contribution is -2.35. The minimum absolute atomic E-state index is 0.0866. The summed E-state index contributed by atoms with van der Waals surface area (Å²) < 4.78 is 2.28. The topological polar surface area (TPSA) is 33.4 Å². The largest absolute Gasteiger partial charge is 0.352 e. The second-order valence-electron chi connectivity index (χ2n) is 6.72. The summed E-state index contributed by atoms with van der Waals surface area (Å²) in [5, 5.41) is 1.20. The van der Waals surface area contributed by atoms with Crippen LogP contribution in [-0.4, -0.2) is 31.4 Å². The quantitative estimate of drug-likeness (QED) is 0.846. The summed E-state index contributed by atoms with van der Waals surface area (Å²) >= 11 is 1.90. The van der Waals surface area contributed by atoms with Crippen molar-refractivity contribution >= 4 is 16.9 Å². The number of hydrogen-bond donors (Lipinski definition) is 0. The molecular weight excluding hydrogens is 316 g/mol. The van der Waals surface area contributed by atoms with Crippen molar-refractivity contribution in [3.05, 3.63) is 53.1 Å². The zero-order chi connectivity index (χ0) is 16.8. The molecule has 0 unspecified atom stereocenters. The predicted octanol–water partition coefficient (Wildman–Crippen LogP) is 4.02. The fourth-order valence-electron chi connectivity index (χ4n) is 3.87. The Hall–Kier alpha value is -1.75. The number of aromatic nitrogens is 2. The van der Waals surface area contributed by atoms with Gasteiger partial charge in [0.2, 0.25) is 0 Å². The highest BCUT2D eigenvalue weighted by Gasteiger charge is 2.46. The average molecular weight is 340 g/mol. The molecule has 126 valence electrons. The normalized spacial score (nSPS) is 25.9. The third-order valence-corrected chi connectivity index (χ3v) is 6.59. The summed E-state index contributed by atoms with van der Waals surface area (Å²) in [6, 6.07) is 9.40. The molecule has 0 radical (unpaired) electrons. The van der Waals surface area contributed by atoms with Crippen molar-refractivity contribution in [2.45, 2.75) is 45.3 Å². The molecule has 0 aromatic carbocycles. The average Bonchev–Trinajstić information content (AvgIpc) is 3.24. The van der Waals surface area contributed by atoms with E-state index < -0.39 is 0 Å². The Morgan fingerprint density at radius 2 is 2.12 bits per heavy atom. The van der Waals surface area contributed by atoms with Crippen LogP contribution in [0.25, 0.3) is 0 Å². The molecule has 0 N–H and O–H groups in total. The zero-order valence-electron chi connectivity index (χ0n) is 14.7. The number of pyridine rings is 1. The van der Waals surface area contributed by atoms with Crippen LogP contribution in [0.1, 0.15) is 48.1 Å². The van der Waals surface area contributed by atoms with Crippen LogP contribution in [0.4, 0.5) is 0 Å². The zero-order valence-corrected chi connectivity index (χ0v) is 15.5. The fraction of sp³-hybridized carbons (Fsp3) is 0.474. The van der Waals surface area contributed by atoms with Gasteiger partial charge in [0.15, 0.2) is 5.17 Å². The smallest absolute Gasteiger partial charge is 0.160 e. The number of aliphatic imine (C=N–C) groups is 1. The molecule has 1 saturated heterocycles. The monoisotopic (exact) mass is 340 g/mol. The van der Waals surface area contributed by atoms with Crippen LogP contribution in [-0.2, 0) is 7.05 Å². The Bertz CT molecular complexity index is 780. The van der Waals surface area contributed by atoms with E-state index in [9.17, 15) is 0 Å². The van der Waals surface area contributed by atoms with E-state index in [2.05, 4.69) is 60.5 Å². The Balaban J connectivity index is 1.84. The van der Waals surface area contributed by atoms with Gasteiger partial charge in [-0.2, -0.15) is 0 Å². The van der Waals surface area contributed by atoms with Crippen molar-refractivity contribution in [3.8, 4) is 0 Å². The third kappa shape index (κ3) is 2.29. The number of hydrogen-bond acceptors (Lipinski definition) is 4. The van der Waals surface area contributed by atoms with Gasteiger partial charge in [0.05, 0.1) is 11.7 Å². The molecule has 0 saturated carbocycles. The molecule has 0 bridgehead atoms. The first-order valence-corrected chi connectivity index (χ1v) is 9.63. The highest BCUT2D eigenvalue weighted by atomic mass is 32.2. The van der Waals surface area contributed by atoms with Crippen LogP contribution in [0.5, 0.6) is 0 Å². The Morgan fingerprint density at radius 3 is 2.75 bits per heavy atom. The van der Waals surface area contributed by atoms with Gasteiger partial charge >= 0.3 is 0 Å². The molecular formula is C19H24N4S. The van der Waals surface area contributed by atoms with Crippen LogP contribution in [0.15, 0.2) is 35.5 Å². The van der Waals surface area contributed by atoms with Gasteiger partial charge < -0.3 is 9.47 Å². The molecule has 2 aliphatic heterocycles. The van der Waals surface area contributed by atoms with Gasteiger partial charge in [-0.3, -0.25) is 9.98 Å². The molecule has 1 fully saturated rings. The third-order valence-electron chi connectivity index (χ3n) is 5.46. The van der Waals surface area contributed by atoms with Crippen LogP contribution in [0, 0.1) is 13.8 Å². The first kappa shape index (κ1) is 15.8. The van der Waals surface area contributed by atoms with Gasteiger partial charge in [0.25, 0.3) is 0 Å². The van der Waals surface area contributed by atoms with Gasteiger partial charge in [0.1, 0.15) is 6.04 Å². The molecule has 4 nitrogen and oxygen atoms in total. The maximum Gasteiger partial charge on any atom is 0.160 e. The van der Waals surface area contributed by atoms with E-state index in [1.165, 1.54) is 22.1 Å². The van der Waals surface area contributed by atoms with E-state index in [1.54, 1.807) is 0 Å². The van der Waals surface area contributed by atoms with Crippen LogP contribution in [0.2, 0.25) is 0 Å². The maximum atomic E-state index is 5.09. The number of nitrogens with zero attached hydrogens (tertiary/aromatic N) is 4. The highest BCUT2D eigenvalue weighted by Crippen LogP contribution is 2.49. The first-order valence-electron chi connectivity index (χ1n) is 8.64. The SMILES string of the molecule is CC[C@H]1CSC2=N[C@H](c3ccccn3)[C@@H](c3cc(C)n(C)c3C)N21. The van der Waals surface area contributed by atoms with Gasteiger partial charge in [-0.15, -0.1) is 0 Å². The van der Waals surface area contributed by atoms with E-state index in [4.69, 9.17) is 4.99 Å². The summed E-state index contributed by atoms with van der Waals surface area (Å²) in [6.45, 7) is 6.68. The van der Waals surface area contributed by atoms with E-state index >= 15 is 0 Å². The second kappa shape index (κ2) is 5.96. The Morgan fingerprint density at radius 1 is 1.29 bits per heavy atom. The number of thioether (sulfide) groups is 1. The molecule has 2 aromatic heterocycles. The Kier molecular flexibility index (Phi) is 3.91. The predicted molar refractivity (Wildman–Crippen MR) is 100 cm³/mol. The van der Waals surface area contributed by atoms with Gasteiger partial charge in [0, 0.05) is 36.4 Å². The van der Waals surface area contributed by atoms with Gasteiger partial charge in [-0.1, -0.05) is 24.8 Å². The molecule has 4 heterocycles. The molecule has 5 heteroatoms. The first-order chi connectivity index (χ1) is 11.6. The number of fused-ring (bicyclic) bond motifs is 1.